The van der Waals surface area contributed by atoms with E-state index in [9.17, 15) is 4.79 Å². The van der Waals surface area contributed by atoms with Crippen LogP contribution in [-0.2, 0) is 18.4 Å². The maximum Gasteiger partial charge on any atom is 0.238 e. The van der Waals surface area contributed by atoms with Gasteiger partial charge in [-0.05, 0) is 19.9 Å². The molecule has 0 saturated carbocycles. The van der Waals surface area contributed by atoms with Crippen LogP contribution in [0.3, 0.4) is 0 Å². The number of nitrogens with one attached hydrogen (secondary N) is 1. The van der Waals surface area contributed by atoms with Gasteiger partial charge in [-0.25, -0.2) is 0 Å². The molecule has 0 bridgehead atoms. The minimum Gasteiger partial charge on any atom is -0.493 e. The number of benzene rings is 1. The highest BCUT2D eigenvalue weighted by Gasteiger charge is 2.23. The lowest BCUT2D eigenvalue weighted by Gasteiger charge is -2.34. The average molecular weight is 432 g/mol. The molecule has 3 rings (SSSR count). The zero-order valence-electron chi connectivity index (χ0n) is 19.3. The summed E-state index contributed by atoms with van der Waals surface area (Å²) in [7, 11) is 6.75. The van der Waals surface area contributed by atoms with Gasteiger partial charge in [0.25, 0.3) is 0 Å². The number of rotatable bonds is 8. The van der Waals surface area contributed by atoms with Gasteiger partial charge in [-0.1, -0.05) is 6.07 Å². The summed E-state index contributed by atoms with van der Waals surface area (Å²) in [5.74, 6) is 1.96. The topological polar surface area (TPSA) is 81.1 Å². The largest absolute Gasteiger partial charge is 0.493 e. The number of anilines is 1. The van der Waals surface area contributed by atoms with E-state index in [4.69, 9.17) is 14.2 Å². The molecule has 1 aromatic carbocycles. The lowest BCUT2D eigenvalue weighted by Crippen LogP contribution is -2.48. The standard InChI is InChI=1S/C22H33N5O4/c1-15-20(16(2)25(3)24-15)23-19(28)14-27-11-9-26(10-12-27)13-17-7-8-18(29-4)22(31-6)21(17)30-5/h7-8H,9-14H2,1-6H3,(H,23,28). The summed E-state index contributed by atoms with van der Waals surface area (Å²) in [6, 6.07) is 3.91. The van der Waals surface area contributed by atoms with Crippen molar-refractivity contribution >= 4 is 11.6 Å². The number of aryl methyl sites for hydroxylation is 2. The van der Waals surface area contributed by atoms with Gasteiger partial charge in [-0.3, -0.25) is 19.3 Å². The number of hydrogen-bond acceptors (Lipinski definition) is 7. The fourth-order valence-corrected chi connectivity index (χ4v) is 3.97. The summed E-state index contributed by atoms with van der Waals surface area (Å²) < 4.78 is 18.2. The normalized spacial score (nSPS) is 15.0. The molecule has 0 radical (unpaired) electrons. The zero-order chi connectivity index (χ0) is 22.5. The van der Waals surface area contributed by atoms with Gasteiger partial charge in [0.2, 0.25) is 11.7 Å². The molecule has 170 valence electrons. The molecule has 9 nitrogen and oxygen atoms in total. The van der Waals surface area contributed by atoms with Crippen LogP contribution in [-0.4, -0.2) is 79.5 Å². The number of piperazine rings is 1. The number of methoxy groups -OCH3 is 3. The highest BCUT2D eigenvalue weighted by atomic mass is 16.5. The van der Waals surface area contributed by atoms with Crippen LogP contribution >= 0.6 is 0 Å². The van der Waals surface area contributed by atoms with Crippen LogP contribution in [0.5, 0.6) is 17.2 Å². The van der Waals surface area contributed by atoms with Crippen molar-refractivity contribution in [1.82, 2.24) is 19.6 Å². The van der Waals surface area contributed by atoms with Crippen molar-refractivity contribution in [3.8, 4) is 17.2 Å². The monoisotopic (exact) mass is 431 g/mol. The molecule has 1 fully saturated rings. The van der Waals surface area contributed by atoms with Crippen molar-refractivity contribution in [3.63, 3.8) is 0 Å². The minimum atomic E-state index is -0.00536. The quantitative estimate of drug-likeness (QED) is 0.683. The van der Waals surface area contributed by atoms with Gasteiger partial charge in [-0.2, -0.15) is 5.10 Å². The minimum absolute atomic E-state index is 0.00536. The predicted molar refractivity (Wildman–Crippen MR) is 119 cm³/mol. The summed E-state index contributed by atoms with van der Waals surface area (Å²) in [5, 5.41) is 7.37. The van der Waals surface area contributed by atoms with E-state index >= 15 is 0 Å². The predicted octanol–water partition coefficient (Wildman–Crippen LogP) is 1.82. The first-order valence-corrected chi connectivity index (χ1v) is 10.4. The van der Waals surface area contributed by atoms with Gasteiger partial charge in [0, 0.05) is 45.3 Å². The Morgan fingerprint density at radius 1 is 1.00 bits per heavy atom. The third kappa shape index (κ3) is 5.11. The Kier molecular flexibility index (Phi) is 7.40. The maximum absolute atomic E-state index is 12.5. The van der Waals surface area contributed by atoms with E-state index in [1.54, 1.807) is 26.0 Å². The highest BCUT2D eigenvalue weighted by molar-refractivity contribution is 5.93. The number of amides is 1. The molecular formula is C22H33N5O4. The molecule has 2 heterocycles. The van der Waals surface area contributed by atoms with Crippen LogP contribution in [0.25, 0.3) is 0 Å². The third-order valence-electron chi connectivity index (χ3n) is 5.79. The van der Waals surface area contributed by atoms with Crippen LogP contribution in [0.4, 0.5) is 5.69 Å². The zero-order valence-corrected chi connectivity index (χ0v) is 19.3. The molecule has 1 aromatic heterocycles. The average Bonchev–Trinajstić information content (AvgIpc) is 3.00. The molecule has 0 unspecified atom stereocenters. The Morgan fingerprint density at radius 2 is 1.65 bits per heavy atom. The fraction of sp³-hybridized carbons (Fsp3) is 0.545. The molecule has 1 saturated heterocycles. The van der Waals surface area contributed by atoms with Crippen molar-refractivity contribution in [2.24, 2.45) is 7.05 Å². The van der Waals surface area contributed by atoms with E-state index < -0.39 is 0 Å². The van der Waals surface area contributed by atoms with Gasteiger partial charge < -0.3 is 19.5 Å². The third-order valence-corrected chi connectivity index (χ3v) is 5.79. The molecule has 0 atom stereocenters. The number of ether oxygens (including phenoxy) is 3. The van der Waals surface area contributed by atoms with Gasteiger partial charge in [0.15, 0.2) is 11.5 Å². The molecule has 0 aliphatic carbocycles. The summed E-state index contributed by atoms with van der Waals surface area (Å²) in [4.78, 5) is 17.1. The van der Waals surface area contributed by atoms with Gasteiger partial charge in [0.05, 0.1) is 44.9 Å². The Morgan fingerprint density at radius 3 is 2.19 bits per heavy atom. The second kappa shape index (κ2) is 10.0. The van der Waals surface area contributed by atoms with Gasteiger partial charge >= 0.3 is 0 Å². The van der Waals surface area contributed by atoms with E-state index in [2.05, 4.69) is 20.2 Å². The maximum atomic E-state index is 12.5. The van der Waals surface area contributed by atoms with Crippen LogP contribution in [0.2, 0.25) is 0 Å². The number of hydrogen-bond donors (Lipinski definition) is 1. The molecule has 1 N–H and O–H groups in total. The van der Waals surface area contributed by atoms with Crippen molar-refractivity contribution in [2.75, 3.05) is 59.4 Å². The lowest BCUT2D eigenvalue weighted by atomic mass is 10.1. The van der Waals surface area contributed by atoms with E-state index in [0.29, 0.717) is 23.8 Å². The van der Waals surface area contributed by atoms with Crippen LogP contribution in [0, 0.1) is 13.8 Å². The first-order chi connectivity index (χ1) is 14.9. The van der Waals surface area contributed by atoms with Crippen molar-refractivity contribution in [3.05, 3.63) is 29.1 Å². The Hall–Kier alpha value is -2.78. The number of carbonyl (C=O) groups excluding carboxylic acids is 1. The van der Waals surface area contributed by atoms with Crippen molar-refractivity contribution in [2.45, 2.75) is 20.4 Å². The highest BCUT2D eigenvalue weighted by Crippen LogP contribution is 2.40. The summed E-state index contributed by atoms with van der Waals surface area (Å²) in [6.07, 6.45) is 0. The molecule has 1 amide bonds. The van der Waals surface area contributed by atoms with Crippen LogP contribution in [0.15, 0.2) is 12.1 Å². The second-order valence-corrected chi connectivity index (χ2v) is 7.76. The SMILES string of the molecule is COc1ccc(CN2CCN(CC(=O)Nc3c(C)nn(C)c3C)CC2)c(OC)c1OC. The molecule has 1 aliphatic rings. The second-order valence-electron chi connectivity index (χ2n) is 7.76. The number of carbonyl (C=O) groups is 1. The van der Waals surface area contributed by atoms with Gasteiger partial charge in [-0.15, -0.1) is 0 Å². The van der Waals surface area contributed by atoms with Crippen molar-refractivity contribution in [1.29, 1.82) is 0 Å². The first-order valence-electron chi connectivity index (χ1n) is 10.4. The summed E-state index contributed by atoms with van der Waals surface area (Å²) in [6.45, 7) is 8.38. The summed E-state index contributed by atoms with van der Waals surface area (Å²) in [5.41, 5.74) is 3.65. The lowest BCUT2D eigenvalue weighted by molar-refractivity contribution is -0.117. The van der Waals surface area contributed by atoms with Gasteiger partial charge in [0.1, 0.15) is 0 Å². The Labute approximate surface area is 183 Å². The molecule has 9 heteroatoms. The molecule has 31 heavy (non-hydrogen) atoms. The number of nitrogens with zero attached hydrogens (tertiary/aromatic N) is 4. The smallest absolute Gasteiger partial charge is 0.238 e. The molecular weight excluding hydrogens is 398 g/mol. The Bertz CT molecular complexity index is 919. The van der Waals surface area contributed by atoms with E-state index in [0.717, 1.165) is 55.4 Å². The first kappa shape index (κ1) is 22.9. The molecule has 1 aliphatic heterocycles. The van der Waals surface area contributed by atoms with E-state index in [1.165, 1.54) is 0 Å². The van der Waals surface area contributed by atoms with E-state index in [1.807, 2.05) is 33.0 Å². The van der Waals surface area contributed by atoms with Crippen molar-refractivity contribution < 1.29 is 19.0 Å². The molecule has 2 aromatic rings. The number of aromatic nitrogens is 2. The fourth-order valence-electron chi connectivity index (χ4n) is 3.97. The summed E-state index contributed by atoms with van der Waals surface area (Å²) >= 11 is 0. The Balaban J connectivity index is 1.55. The van der Waals surface area contributed by atoms with Crippen LogP contribution in [0.1, 0.15) is 17.0 Å². The van der Waals surface area contributed by atoms with E-state index in [-0.39, 0.29) is 5.91 Å². The van der Waals surface area contributed by atoms with Crippen LogP contribution < -0.4 is 19.5 Å². The molecule has 0 spiro atoms.